The third-order valence-electron chi connectivity index (χ3n) is 4.06. The van der Waals surface area contributed by atoms with Crippen LogP contribution >= 0.6 is 0 Å². The van der Waals surface area contributed by atoms with Gasteiger partial charge in [0, 0.05) is 12.2 Å². The number of benzene rings is 1. The number of aromatic nitrogens is 2. The van der Waals surface area contributed by atoms with Crippen molar-refractivity contribution in [2.75, 3.05) is 23.8 Å². The normalized spacial score (nSPS) is 10.8. The topological polar surface area (TPSA) is 89.3 Å². The number of esters is 1. The Kier molecular flexibility index (Phi) is 5.90. The lowest BCUT2D eigenvalue weighted by atomic mass is 10.2. The van der Waals surface area contributed by atoms with E-state index in [2.05, 4.69) is 27.5 Å². The Hall–Kier alpha value is -3.09. The summed E-state index contributed by atoms with van der Waals surface area (Å²) in [4.78, 5) is 21.4. The van der Waals surface area contributed by atoms with E-state index in [-0.39, 0.29) is 6.61 Å². The Morgan fingerprint density at radius 1 is 1.19 bits per heavy atom. The fraction of sp³-hybridized carbons (Fsp3) is 0.350. The fourth-order valence-electron chi connectivity index (χ4n) is 2.78. The van der Waals surface area contributed by atoms with E-state index in [1.165, 1.54) is 0 Å². The number of carbonyl (C=O) groups excluding carboxylic acids is 1. The summed E-state index contributed by atoms with van der Waals surface area (Å²) in [6.07, 6.45) is 2.03. The molecule has 0 aliphatic carbocycles. The summed E-state index contributed by atoms with van der Waals surface area (Å²) in [7, 11) is 0. The Labute approximate surface area is 158 Å². The highest BCUT2D eigenvalue weighted by molar-refractivity contribution is 6.08. The van der Waals surface area contributed by atoms with Crippen LogP contribution < -0.4 is 10.6 Å². The molecule has 142 valence electrons. The third kappa shape index (κ3) is 4.19. The van der Waals surface area contributed by atoms with E-state index in [0.717, 1.165) is 25.1 Å². The second-order valence-electron chi connectivity index (χ2n) is 6.10. The van der Waals surface area contributed by atoms with Crippen LogP contribution in [0, 0.1) is 6.92 Å². The SMILES string of the molecule is CCCCNc1nc(Nc2ccccc2)nc2oc(C)c(C(=O)OCC)c12. The number of hydrogen-bond acceptors (Lipinski definition) is 7. The number of nitrogens with one attached hydrogen (secondary N) is 2. The molecule has 3 rings (SSSR count). The second kappa shape index (κ2) is 8.53. The molecule has 0 amide bonds. The molecule has 0 fully saturated rings. The predicted octanol–water partition coefficient (Wildman–Crippen LogP) is 4.66. The number of anilines is 3. The van der Waals surface area contributed by atoms with Gasteiger partial charge in [-0.2, -0.15) is 9.97 Å². The van der Waals surface area contributed by atoms with Gasteiger partial charge in [0.25, 0.3) is 0 Å². The highest BCUT2D eigenvalue weighted by atomic mass is 16.5. The number of nitrogens with zero attached hydrogens (tertiary/aromatic N) is 2. The first-order valence-corrected chi connectivity index (χ1v) is 9.18. The van der Waals surface area contributed by atoms with E-state index >= 15 is 0 Å². The summed E-state index contributed by atoms with van der Waals surface area (Å²) in [5, 5.41) is 7.03. The van der Waals surface area contributed by atoms with Crippen LogP contribution in [0.2, 0.25) is 0 Å². The van der Waals surface area contributed by atoms with Crippen LogP contribution in [-0.2, 0) is 4.74 Å². The molecule has 2 heterocycles. The van der Waals surface area contributed by atoms with Gasteiger partial charge in [-0.25, -0.2) is 4.79 Å². The average Bonchev–Trinajstić information content (AvgIpc) is 2.99. The number of fused-ring (bicyclic) bond motifs is 1. The molecule has 2 aromatic heterocycles. The monoisotopic (exact) mass is 368 g/mol. The molecular formula is C20H24N4O3. The van der Waals surface area contributed by atoms with Gasteiger partial charge >= 0.3 is 5.97 Å². The van der Waals surface area contributed by atoms with E-state index in [0.29, 0.717) is 34.2 Å². The minimum absolute atomic E-state index is 0.290. The zero-order chi connectivity index (χ0) is 19.2. The number of carbonyl (C=O) groups is 1. The molecule has 1 aromatic carbocycles. The lowest BCUT2D eigenvalue weighted by molar-refractivity contribution is 0.0526. The first kappa shape index (κ1) is 18.7. The number of hydrogen-bond donors (Lipinski definition) is 2. The van der Waals surface area contributed by atoms with Crippen LogP contribution in [0.25, 0.3) is 11.1 Å². The van der Waals surface area contributed by atoms with Crippen LogP contribution in [-0.4, -0.2) is 29.1 Å². The zero-order valence-electron chi connectivity index (χ0n) is 15.8. The van der Waals surface area contributed by atoms with E-state index in [4.69, 9.17) is 9.15 Å². The third-order valence-corrected chi connectivity index (χ3v) is 4.06. The van der Waals surface area contributed by atoms with Crippen molar-refractivity contribution in [1.29, 1.82) is 0 Å². The molecule has 7 nitrogen and oxygen atoms in total. The van der Waals surface area contributed by atoms with Crippen LogP contribution in [0.5, 0.6) is 0 Å². The van der Waals surface area contributed by atoms with Crippen molar-refractivity contribution in [3.8, 4) is 0 Å². The van der Waals surface area contributed by atoms with Gasteiger partial charge < -0.3 is 19.8 Å². The number of unbranched alkanes of at least 4 members (excludes halogenated alkanes) is 1. The molecule has 27 heavy (non-hydrogen) atoms. The van der Waals surface area contributed by atoms with Crippen LogP contribution in [0.1, 0.15) is 42.8 Å². The van der Waals surface area contributed by atoms with Crippen LogP contribution in [0.15, 0.2) is 34.7 Å². The minimum atomic E-state index is -0.431. The van der Waals surface area contributed by atoms with E-state index < -0.39 is 5.97 Å². The van der Waals surface area contributed by atoms with Crippen molar-refractivity contribution in [1.82, 2.24) is 9.97 Å². The zero-order valence-corrected chi connectivity index (χ0v) is 15.8. The van der Waals surface area contributed by atoms with Crippen molar-refractivity contribution < 1.29 is 13.9 Å². The first-order chi connectivity index (χ1) is 13.1. The van der Waals surface area contributed by atoms with Crippen LogP contribution in [0.4, 0.5) is 17.5 Å². The molecule has 0 atom stereocenters. The summed E-state index contributed by atoms with van der Waals surface area (Å²) in [6, 6.07) is 9.65. The smallest absolute Gasteiger partial charge is 0.342 e. The van der Waals surface area contributed by atoms with E-state index in [9.17, 15) is 4.79 Å². The Bertz CT molecular complexity index is 922. The Morgan fingerprint density at radius 2 is 1.96 bits per heavy atom. The molecule has 0 aliphatic rings. The standard InChI is InChI=1S/C20H24N4O3/c1-4-6-12-21-17-16-15(19(25)26-5-2)13(3)27-18(16)24-20(23-17)22-14-10-8-7-9-11-14/h7-11H,4-6,12H2,1-3H3,(H2,21,22,23,24). The summed E-state index contributed by atoms with van der Waals surface area (Å²) in [5.74, 6) is 0.997. The number of ether oxygens (including phenoxy) is 1. The second-order valence-corrected chi connectivity index (χ2v) is 6.10. The summed E-state index contributed by atoms with van der Waals surface area (Å²) in [6.45, 7) is 6.64. The number of furan rings is 1. The molecule has 0 saturated carbocycles. The average molecular weight is 368 g/mol. The van der Waals surface area contributed by atoms with Crippen LogP contribution in [0.3, 0.4) is 0 Å². The molecule has 2 N–H and O–H groups in total. The largest absolute Gasteiger partial charge is 0.462 e. The maximum atomic E-state index is 12.4. The quantitative estimate of drug-likeness (QED) is 0.441. The van der Waals surface area contributed by atoms with E-state index in [1.807, 2.05) is 30.3 Å². The fourth-order valence-corrected chi connectivity index (χ4v) is 2.78. The minimum Gasteiger partial charge on any atom is -0.462 e. The molecule has 0 spiro atoms. The highest BCUT2D eigenvalue weighted by Gasteiger charge is 2.24. The Morgan fingerprint density at radius 3 is 2.67 bits per heavy atom. The molecule has 0 bridgehead atoms. The molecule has 7 heteroatoms. The summed E-state index contributed by atoms with van der Waals surface area (Å²) >= 11 is 0. The Balaban J connectivity index is 2.06. The van der Waals surface area contributed by atoms with Gasteiger partial charge in [-0.05, 0) is 32.4 Å². The van der Waals surface area contributed by atoms with Crippen molar-refractivity contribution in [2.24, 2.45) is 0 Å². The molecular weight excluding hydrogens is 344 g/mol. The van der Waals surface area contributed by atoms with Gasteiger partial charge in [0.2, 0.25) is 11.7 Å². The first-order valence-electron chi connectivity index (χ1n) is 9.18. The summed E-state index contributed by atoms with van der Waals surface area (Å²) in [5.41, 5.74) is 1.59. The van der Waals surface area contributed by atoms with Crippen molar-refractivity contribution in [3.63, 3.8) is 0 Å². The molecule has 3 aromatic rings. The van der Waals surface area contributed by atoms with Gasteiger partial charge in [-0.15, -0.1) is 0 Å². The number of para-hydroxylation sites is 1. The van der Waals surface area contributed by atoms with Crippen molar-refractivity contribution in [3.05, 3.63) is 41.7 Å². The summed E-state index contributed by atoms with van der Waals surface area (Å²) < 4.78 is 10.9. The van der Waals surface area contributed by atoms with Crippen molar-refractivity contribution >= 4 is 34.5 Å². The van der Waals surface area contributed by atoms with Gasteiger partial charge in [0.15, 0.2) is 0 Å². The predicted molar refractivity (Wildman–Crippen MR) is 106 cm³/mol. The lowest BCUT2D eigenvalue weighted by Gasteiger charge is -2.10. The molecule has 0 saturated heterocycles. The maximum absolute atomic E-state index is 12.4. The van der Waals surface area contributed by atoms with Gasteiger partial charge in [-0.3, -0.25) is 0 Å². The van der Waals surface area contributed by atoms with Gasteiger partial charge in [0.05, 0.1) is 12.0 Å². The lowest BCUT2D eigenvalue weighted by Crippen LogP contribution is -2.10. The van der Waals surface area contributed by atoms with Gasteiger partial charge in [0.1, 0.15) is 17.1 Å². The highest BCUT2D eigenvalue weighted by Crippen LogP contribution is 2.32. The van der Waals surface area contributed by atoms with Crippen molar-refractivity contribution in [2.45, 2.75) is 33.6 Å². The molecule has 0 radical (unpaired) electrons. The number of aryl methyl sites for hydroxylation is 1. The number of rotatable bonds is 8. The van der Waals surface area contributed by atoms with E-state index in [1.54, 1.807) is 13.8 Å². The molecule has 0 unspecified atom stereocenters. The van der Waals surface area contributed by atoms with Gasteiger partial charge in [-0.1, -0.05) is 31.5 Å². The molecule has 0 aliphatic heterocycles. The maximum Gasteiger partial charge on any atom is 0.342 e.